The van der Waals surface area contributed by atoms with E-state index < -0.39 is 5.90 Å². The standard InChI is InChI=1S/C27H26ClN7O3/c1-3-23(36)34-13-5-4-6-19(15-34)35-25-20(7-8-21(24(25)28)38-22-10-11-29-16-31-22)32-27(35)33-26(37)18-9-12-30-17(2)14-18/h3,7-12,14,16,19H,1,4-6,13,15H2,2H3,(H,32,33,37)/p-1/t19-/m1/s1. The number of imidazole rings is 1. The van der Waals surface area contributed by atoms with Gasteiger partial charge in [-0.25, -0.2) is 19.9 Å². The molecule has 0 bridgehead atoms. The highest BCUT2D eigenvalue weighted by molar-refractivity contribution is 6.36. The van der Waals surface area contributed by atoms with Crippen LogP contribution in [0.4, 0.5) is 5.95 Å². The number of aliphatic imine (C=N–C) groups is 1. The first-order valence-electron chi connectivity index (χ1n) is 12.2. The van der Waals surface area contributed by atoms with E-state index in [1.165, 1.54) is 12.4 Å². The van der Waals surface area contributed by atoms with Gasteiger partial charge in [0, 0.05) is 37.2 Å². The smallest absolute Gasteiger partial charge is 0.246 e. The summed E-state index contributed by atoms with van der Waals surface area (Å²) < 4.78 is 7.78. The molecular weight excluding hydrogens is 506 g/mol. The summed E-state index contributed by atoms with van der Waals surface area (Å²) in [4.78, 5) is 35.5. The van der Waals surface area contributed by atoms with E-state index in [2.05, 4.69) is 31.5 Å². The summed E-state index contributed by atoms with van der Waals surface area (Å²) in [5.41, 5.74) is 2.22. The van der Waals surface area contributed by atoms with Crippen LogP contribution < -0.4 is 9.84 Å². The third kappa shape index (κ3) is 5.21. The number of hydrogen-bond donors (Lipinski definition) is 0. The van der Waals surface area contributed by atoms with Gasteiger partial charge in [-0.2, -0.15) is 0 Å². The summed E-state index contributed by atoms with van der Waals surface area (Å²) in [5.74, 6) is 0.306. The van der Waals surface area contributed by atoms with Gasteiger partial charge in [0.05, 0.1) is 17.1 Å². The van der Waals surface area contributed by atoms with Crippen molar-refractivity contribution in [2.24, 2.45) is 4.99 Å². The van der Waals surface area contributed by atoms with Crippen LogP contribution in [-0.4, -0.2) is 54.3 Å². The number of halogens is 1. The molecule has 5 rings (SSSR count). The second kappa shape index (κ2) is 11.0. The van der Waals surface area contributed by atoms with E-state index in [0.29, 0.717) is 52.0 Å². The average molecular weight is 531 g/mol. The van der Waals surface area contributed by atoms with Crippen LogP contribution in [0.25, 0.3) is 11.0 Å². The minimum atomic E-state index is -0.451. The highest BCUT2D eigenvalue weighted by Crippen LogP contribution is 2.40. The molecule has 0 radical (unpaired) electrons. The van der Waals surface area contributed by atoms with Gasteiger partial charge in [-0.3, -0.25) is 9.78 Å². The van der Waals surface area contributed by atoms with E-state index in [1.807, 2.05) is 11.5 Å². The Morgan fingerprint density at radius 1 is 1.24 bits per heavy atom. The number of aromatic nitrogens is 5. The van der Waals surface area contributed by atoms with Crippen molar-refractivity contribution in [1.29, 1.82) is 0 Å². The van der Waals surface area contributed by atoms with Gasteiger partial charge in [0.1, 0.15) is 17.1 Å². The highest BCUT2D eigenvalue weighted by Gasteiger charge is 2.27. The lowest BCUT2D eigenvalue weighted by Gasteiger charge is -2.26. The summed E-state index contributed by atoms with van der Waals surface area (Å²) in [6, 6.07) is 8.14. The Bertz CT molecular complexity index is 1520. The number of ether oxygens (including phenoxy) is 1. The molecule has 10 nitrogen and oxygen atoms in total. The van der Waals surface area contributed by atoms with E-state index in [0.717, 1.165) is 19.3 Å². The number of aryl methyl sites for hydroxylation is 1. The number of amides is 1. The minimum absolute atomic E-state index is 0.151. The summed E-state index contributed by atoms with van der Waals surface area (Å²) in [7, 11) is 0. The number of hydrogen-bond acceptors (Lipinski definition) is 8. The van der Waals surface area contributed by atoms with Crippen molar-refractivity contribution in [2.75, 3.05) is 13.1 Å². The number of likely N-dealkylation sites (tertiary alicyclic amines) is 1. The summed E-state index contributed by atoms with van der Waals surface area (Å²) in [6.07, 6.45) is 8.29. The molecular formula is C27H25ClN7O3-. The number of pyridine rings is 1. The number of carbonyl (C=O) groups excluding carboxylic acids is 1. The zero-order chi connectivity index (χ0) is 26.6. The molecule has 194 valence electrons. The second-order valence-corrected chi connectivity index (χ2v) is 9.30. The first-order chi connectivity index (χ1) is 18.4. The molecule has 1 atom stereocenters. The number of nitrogens with zero attached hydrogens (tertiary/aromatic N) is 7. The maximum atomic E-state index is 13.2. The number of rotatable bonds is 6. The van der Waals surface area contributed by atoms with Crippen molar-refractivity contribution in [2.45, 2.75) is 32.2 Å². The molecule has 1 amide bonds. The van der Waals surface area contributed by atoms with Crippen molar-refractivity contribution < 1.29 is 14.6 Å². The molecule has 4 heterocycles. The molecule has 11 heteroatoms. The van der Waals surface area contributed by atoms with Crippen LogP contribution in [0.15, 0.2) is 66.7 Å². The fourth-order valence-electron chi connectivity index (χ4n) is 4.57. The van der Waals surface area contributed by atoms with Crippen LogP contribution in [0.3, 0.4) is 0 Å². The van der Waals surface area contributed by atoms with E-state index in [4.69, 9.17) is 16.3 Å². The minimum Gasteiger partial charge on any atom is -0.858 e. The maximum absolute atomic E-state index is 13.2. The predicted octanol–water partition coefficient (Wildman–Crippen LogP) is 4.15. The van der Waals surface area contributed by atoms with Gasteiger partial charge in [-0.15, -0.1) is 0 Å². The van der Waals surface area contributed by atoms with Gasteiger partial charge in [-0.05, 0) is 68.0 Å². The molecule has 0 N–H and O–H groups in total. The van der Waals surface area contributed by atoms with Crippen LogP contribution in [0.1, 0.15) is 36.6 Å². The van der Waals surface area contributed by atoms with Gasteiger partial charge < -0.3 is 19.3 Å². The molecule has 1 fully saturated rings. The maximum Gasteiger partial charge on any atom is 0.246 e. The Labute approximate surface area is 224 Å². The summed E-state index contributed by atoms with van der Waals surface area (Å²) >= 11 is 6.91. The van der Waals surface area contributed by atoms with Gasteiger partial charge in [-0.1, -0.05) is 18.2 Å². The van der Waals surface area contributed by atoms with Crippen molar-refractivity contribution >= 4 is 40.4 Å². The third-order valence-corrected chi connectivity index (χ3v) is 6.71. The highest BCUT2D eigenvalue weighted by atomic mass is 35.5. The molecule has 0 saturated carbocycles. The first kappa shape index (κ1) is 25.3. The normalized spacial score (nSPS) is 16.3. The van der Waals surface area contributed by atoms with E-state index in [9.17, 15) is 9.90 Å². The van der Waals surface area contributed by atoms with Crippen LogP contribution in [0.5, 0.6) is 11.6 Å². The Morgan fingerprint density at radius 2 is 2.11 bits per heavy atom. The van der Waals surface area contributed by atoms with Crippen LogP contribution in [-0.2, 0) is 4.79 Å². The van der Waals surface area contributed by atoms with Crippen LogP contribution >= 0.6 is 11.6 Å². The Morgan fingerprint density at radius 3 is 2.87 bits per heavy atom. The van der Waals surface area contributed by atoms with Gasteiger partial charge >= 0.3 is 0 Å². The van der Waals surface area contributed by atoms with Crippen LogP contribution in [0, 0.1) is 6.92 Å². The lowest BCUT2D eigenvalue weighted by atomic mass is 10.1. The molecule has 1 aliphatic heterocycles. The first-order valence-corrected chi connectivity index (χ1v) is 12.6. The van der Waals surface area contributed by atoms with E-state index in [1.54, 1.807) is 47.6 Å². The Balaban J connectivity index is 1.66. The fraction of sp³-hybridized carbons (Fsp3) is 0.259. The third-order valence-electron chi connectivity index (χ3n) is 6.35. The number of carbonyl (C=O) groups is 1. The molecule has 0 aliphatic carbocycles. The molecule has 4 aromatic rings. The van der Waals surface area contributed by atoms with E-state index in [-0.39, 0.29) is 17.9 Å². The zero-order valence-corrected chi connectivity index (χ0v) is 21.5. The topological polar surface area (TPSA) is 121 Å². The van der Waals surface area contributed by atoms with Crippen molar-refractivity contribution in [3.05, 3.63) is 78.0 Å². The quantitative estimate of drug-likeness (QED) is 0.208. The van der Waals surface area contributed by atoms with Crippen molar-refractivity contribution in [3.63, 3.8) is 0 Å². The van der Waals surface area contributed by atoms with Gasteiger partial charge in [0.15, 0.2) is 0 Å². The monoisotopic (exact) mass is 530 g/mol. The largest absolute Gasteiger partial charge is 0.858 e. The second-order valence-electron chi connectivity index (χ2n) is 8.92. The fourth-order valence-corrected chi connectivity index (χ4v) is 4.86. The Hall–Kier alpha value is -4.31. The lowest BCUT2D eigenvalue weighted by molar-refractivity contribution is -0.212. The molecule has 38 heavy (non-hydrogen) atoms. The Kier molecular flexibility index (Phi) is 7.32. The molecule has 0 unspecified atom stereocenters. The SMILES string of the molecule is C=CC(=O)N1CCCC[C@@H](n2c(/N=C(\[O-])c3ccnc(C)c3)nc3ccc(Oc4ccncn4)c(Cl)c32)C1. The molecule has 1 aromatic carbocycles. The summed E-state index contributed by atoms with van der Waals surface area (Å²) in [5, 5.41) is 13.5. The molecule has 3 aromatic heterocycles. The average Bonchev–Trinajstić information content (AvgIpc) is 3.11. The van der Waals surface area contributed by atoms with Gasteiger partial charge in [0.25, 0.3) is 0 Å². The van der Waals surface area contributed by atoms with Crippen molar-refractivity contribution in [3.8, 4) is 11.6 Å². The van der Waals surface area contributed by atoms with Crippen molar-refractivity contribution in [1.82, 2.24) is 29.4 Å². The lowest BCUT2D eigenvalue weighted by Crippen LogP contribution is -2.34. The van der Waals surface area contributed by atoms with E-state index >= 15 is 0 Å². The van der Waals surface area contributed by atoms with Gasteiger partial charge in [0.2, 0.25) is 17.7 Å². The molecule has 0 spiro atoms. The predicted molar refractivity (Wildman–Crippen MR) is 142 cm³/mol. The molecule has 1 saturated heterocycles. The zero-order valence-electron chi connectivity index (χ0n) is 20.7. The van der Waals surface area contributed by atoms with Crippen LogP contribution in [0.2, 0.25) is 5.02 Å². The number of benzene rings is 1. The summed E-state index contributed by atoms with van der Waals surface area (Å²) in [6.45, 7) is 6.46. The number of fused-ring (bicyclic) bond motifs is 1. The molecule has 1 aliphatic rings.